The number of rotatable bonds is 3. The van der Waals surface area contributed by atoms with Crippen LogP contribution in [-0.2, 0) is 0 Å². The third-order valence-electron chi connectivity index (χ3n) is 1.69. The molecule has 0 aliphatic carbocycles. The first-order chi connectivity index (χ1) is 7.59. The summed E-state index contributed by atoms with van der Waals surface area (Å²) in [6.45, 7) is 1.67. The van der Waals surface area contributed by atoms with Gasteiger partial charge in [-0.15, -0.1) is 0 Å². The molecule has 5 nitrogen and oxygen atoms in total. The number of hydrogen-bond donors (Lipinski definition) is 3. The van der Waals surface area contributed by atoms with Gasteiger partial charge in [0.1, 0.15) is 4.99 Å². The number of anilines is 1. The van der Waals surface area contributed by atoms with E-state index in [0.717, 1.165) is 5.69 Å². The standard InChI is InChI=1S/C10H12N4OS/c1-7(13-14-10(11)15)9(16)12-8-5-3-2-4-6-8/h2-6H,1H3,(H,12,16)(H3,11,14,15). The van der Waals surface area contributed by atoms with Crippen LogP contribution in [0.15, 0.2) is 35.4 Å². The molecule has 84 valence electrons. The maximum atomic E-state index is 10.4. The number of carbonyl (C=O) groups is 1. The molecule has 2 amide bonds. The van der Waals surface area contributed by atoms with E-state index >= 15 is 0 Å². The third-order valence-corrected chi connectivity index (χ3v) is 2.09. The molecule has 0 aliphatic rings. The number of primary amides is 1. The molecule has 0 aliphatic heterocycles. The second-order valence-electron chi connectivity index (χ2n) is 2.99. The Labute approximate surface area is 98.7 Å². The highest BCUT2D eigenvalue weighted by Gasteiger charge is 2.01. The molecule has 1 aromatic rings. The lowest BCUT2D eigenvalue weighted by atomic mass is 10.3. The number of nitrogens with one attached hydrogen (secondary N) is 2. The number of urea groups is 1. The van der Waals surface area contributed by atoms with Crippen molar-refractivity contribution in [1.29, 1.82) is 0 Å². The number of benzene rings is 1. The van der Waals surface area contributed by atoms with Gasteiger partial charge in [-0.2, -0.15) is 5.10 Å². The highest BCUT2D eigenvalue weighted by atomic mass is 32.1. The summed E-state index contributed by atoms with van der Waals surface area (Å²) in [4.78, 5) is 10.9. The van der Waals surface area contributed by atoms with Crippen LogP contribution in [0.25, 0.3) is 0 Å². The van der Waals surface area contributed by atoms with Gasteiger partial charge in [-0.1, -0.05) is 30.4 Å². The molecule has 0 spiro atoms. The number of hydrogen-bond acceptors (Lipinski definition) is 3. The molecular weight excluding hydrogens is 224 g/mol. The summed E-state index contributed by atoms with van der Waals surface area (Å²) in [7, 11) is 0. The van der Waals surface area contributed by atoms with Crippen LogP contribution in [0.4, 0.5) is 10.5 Å². The lowest BCUT2D eigenvalue weighted by molar-refractivity contribution is 0.249. The maximum Gasteiger partial charge on any atom is 0.332 e. The molecule has 0 bridgehead atoms. The number of amides is 2. The van der Waals surface area contributed by atoms with Crippen molar-refractivity contribution >= 4 is 34.6 Å². The molecule has 0 saturated carbocycles. The van der Waals surface area contributed by atoms with Crippen LogP contribution >= 0.6 is 12.2 Å². The molecular formula is C10H12N4OS. The van der Waals surface area contributed by atoms with Gasteiger partial charge in [-0.3, -0.25) is 0 Å². The van der Waals surface area contributed by atoms with Crippen molar-refractivity contribution in [2.45, 2.75) is 6.92 Å². The Morgan fingerprint density at radius 1 is 1.38 bits per heavy atom. The van der Waals surface area contributed by atoms with Gasteiger partial charge in [-0.05, 0) is 19.1 Å². The number of carbonyl (C=O) groups excluding carboxylic acids is 1. The van der Waals surface area contributed by atoms with E-state index in [9.17, 15) is 4.79 Å². The summed E-state index contributed by atoms with van der Waals surface area (Å²) in [6.07, 6.45) is 0. The van der Waals surface area contributed by atoms with Crippen molar-refractivity contribution in [2.24, 2.45) is 10.8 Å². The van der Waals surface area contributed by atoms with E-state index in [0.29, 0.717) is 10.7 Å². The van der Waals surface area contributed by atoms with Crippen LogP contribution in [-0.4, -0.2) is 16.7 Å². The monoisotopic (exact) mass is 236 g/mol. The van der Waals surface area contributed by atoms with E-state index in [1.807, 2.05) is 30.3 Å². The Morgan fingerprint density at radius 3 is 2.56 bits per heavy atom. The van der Waals surface area contributed by atoms with Crippen molar-refractivity contribution in [3.05, 3.63) is 30.3 Å². The minimum absolute atomic E-state index is 0.431. The van der Waals surface area contributed by atoms with Crippen LogP contribution in [0.3, 0.4) is 0 Å². The van der Waals surface area contributed by atoms with Gasteiger partial charge in [0.15, 0.2) is 0 Å². The topological polar surface area (TPSA) is 79.5 Å². The fourth-order valence-electron chi connectivity index (χ4n) is 0.933. The van der Waals surface area contributed by atoms with Crippen molar-refractivity contribution in [3.63, 3.8) is 0 Å². The number of hydrazone groups is 1. The predicted octanol–water partition coefficient (Wildman–Crippen LogP) is 1.47. The smallest absolute Gasteiger partial charge is 0.332 e. The first-order valence-corrected chi connectivity index (χ1v) is 4.96. The Bertz CT molecular complexity index is 416. The predicted molar refractivity (Wildman–Crippen MR) is 68.5 cm³/mol. The van der Waals surface area contributed by atoms with Crippen molar-refractivity contribution in [3.8, 4) is 0 Å². The van der Waals surface area contributed by atoms with Crippen LogP contribution in [0.1, 0.15) is 6.92 Å². The highest BCUT2D eigenvalue weighted by Crippen LogP contribution is 2.05. The van der Waals surface area contributed by atoms with E-state index in [-0.39, 0.29) is 0 Å². The number of nitrogens with zero attached hydrogens (tertiary/aromatic N) is 1. The second kappa shape index (κ2) is 5.82. The highest BCUT2D eigenvalue weighted by molar-refractivity contribution is 7.82. The van der Waals surface area contributed by atoms with Crippen molar-refractivity contribution in [1.82, 2.24) is 5.43 Å². The lowest BCUT2D eigenvalue weighted by Gasteiger charge is -2.06. The molecule has 0 radical (unpaired) electrons. The Morgan fingerprint density at radius 2 is 2.00 bits per heavy atom. The fraction of sp³-hybridized carbons (Fsp3) is 0.100. The SMILES string of the molecule is CC(=NNC(N)=O)C(=S)Nc1ccccc1. The second-order valence-corrected chi connectivity index (χ2v) is 3.40. The minimum atomic E-state index is -0.720. The Balaban J connectivity index is 2.59. The molecule has 0 heterocycles. The lowest BCUT2D eigenvalue weighted by Crippen LogP contribution is -2.28. The van der Waals surface area contributed by atoms with Gasteiger partial charge in [0.2, 0.25) is 0 Å². The fourth-order valence-corrected chi connectivity index (χ4v) is 1.10. The Kier molecular flexibility index (Phi) is 4.41. The zero-order valence-electron chi connectivity index (χ0n) is 8.73. The number of thiocarbonyl (C=S) groups is 1. The normalized spacial score (nSPS) is 10.7. The molecule has 1 aromatic carbocycles. The molecule has 0 unspecified atom stereocenters. The Hall–Kier alpha value is -1.95. The molecule has 0 fully saturated rings. The zero-order valence-corrected chi connectivity index (χ0v) is 9.54. The van der Waals surface area contributed by atoms with Gasteiger partial charge < -0.3 is 11.1 Å². The average molecular weight is 236 g/mol. The van der Waals surface area contributed by atoms with Gasteiger partial charge in [-0.25, -0.2) is 10.2 Å². The maximum absolute atomic E-state index is 10.4. The number of para-hydroxylation sites is 1. The van der Waals surface area contributed by atoms with Gasteiger partial charge >= 0.3 is 6.03 Å². The van der Waals surface area contributed by atoms with Crippen molar-refractivity contribution < 1.29 is 4.79 Å². The van der Waals surface area contributed by atoms with Gasteiger partial charge in [0.05, 0.1) is 5.71 Å². The molecule has 4 N–H and O–H groups in total. The van der Waals surface area contributed by atoms with E-state index in [4.69, 9.17) is 18.0 Å². The first-order valence-electron chi connectivity index (χ1n) is 4.55. The van der Waals surface area contributed by atoms with Crippen LogP contribution < -0.4 is 16.5 Å². The van der Waals surface area contributed by atoms with Crippen LogP contribution in [0.5, 0.6) is 0 Å². The van der Waals surface area contributed by atoms with Crippen molar-refractivity contribution in [2.75, 3.05) is 5.32 Å². The molecule has 1 rings (SSSR count). The molecule has 0 atom stereocenters. The van der Waals surface area contributed by atoms with Gasteiger partial charge in [0, 0.05) is 5.69 Å². The van der Waals surface area contributed by atoms with Crippen LogP contribution in [0, 0.1) is 0 Å². The molecule has 6 heteroatoms. The summed E-state index contributed by atoms with van der Waals surface area (Å²) in [5.74, 6) is 0. The minimum Gasteiger partial charge on any atom is -0.350 e. The zero-order chi connectivity index (χ0) is 12.0. The molecule has 0 saturated heterocycles. The van der Waals surface area contributed by atoms with Crippen LogP contribution in [0.2, 0.25) is 0 Å². The quantitative estimate of drug-likeness (QED) is 0.422. The summed E-state index contributed by atoms with van der Waals surface area (Å²) in [5, 5.41) is 6.68. The third kappa shape index (κ3) is 4.05. The number of nitrogens with two attached hydrogens (primary N) is 1. The summed E-state index contributed by atoms with van der Waals surface area (Å²) >= 11 is 5.08. The van der Waals surface area contributed by atoms with E-state index in [1.165, 1.54) is 0 Å². The summed E-state index contributed by atoms with van der Waals surface area (Å²) in [6, 6.07) is 8.71. The molecule has 0 aromatic heterocycles. The average Bonchev–Trinajstić information content (AvgIpc) is 2.27. The molecule has 16 heavy (non-hydrogen) atoms. The summed E-state index contributed by atoms with van der Waals surface area (Å²) < 4.78 is 0. The van der Waals surface area contributed by atoms with E-state index < -0.39 is 6.03 Å². The van der Waals surface area contributed by atoms with E-state index in [1.54, 1.807) is 6.92 Å². The first kappa shape index (κ1) is 12.1. The largest absolute Gasteiger partial charge is 0.350 e. The van der Waals surface area contributed by atoms with Gasteiger partial charge in [0.25, 0.3) is 0 Å². The summed E-state index contributed by atoms with van der Waals surface area (Å²) in [5.41, 5.74) is 8.33. The van der Waals surface area contributed by atoms with E-state index in [2.05, 4.69) is 15.8 Å².